The standard InChI is InChI=1S/C14H18N4O3S/c1-22(20,21)17-11-2-3-12-10(8-11)9-13(16-12)14(19)18-6-4-15-5-7-18/h2-3,8-9,15-17H,4-7H2,1H3. The molecule has 0 atom stereocenters. The van der Waals surface area contributed by atoms with E-state index < -0.39 is 10.0 Å². The van der Waals surface area contributed by atoms with Gasteiger partial charge in [0.2, 0.25) is 10.0 Å². The average molecular weight is 322 g/mol. The van der Waals surface area contributed by atoms with Crippen LogP contribution in [-0.4, -0.2) is 56.6 Å². The Morgan fingerprint density at radius 2 is 1.95 bits per heavy atom. The number of hydrogen-bond acceptors (Lipinski definition) is 4. The van der Waals surface area contributed by atoms with Crippen LogP contribution in [0.5, 0.6) is 0 Å². The van der Waals surface area contributed by atoms with E-state index in [-0.39, 0.29) is 5.91 Å². The lowest BCUT2D eigenvalue weighted by Gasteiger charge is -2.26. The highest BCUT2D eigenvalue weighted by molar-refractivity contribution is 7.92. The second-order valence-electron chi connectivity index (χ2n) is 5.40. The van der Waals surface area contributed by atoms with Crippen LogP contribution in [0.1, 0.15) is 10.5 Å². The lowest BCUT2D eigenvalue weighted by molar-refractivity contribution is 0.0731. The molecule has 0 aliphatic carbocycles. The number of benzene rings is 1. The molecule has 1 aliphatic rings. The molecule has 3 rings (SSSR count). The van der Waals surface area contributed by atoms with Gasteiger partial charge in [-0.25, -0.2) is 8.42 Å². The first-order valence-corrected chi connectivity index (χ1v) is 8.92. The summed E-state index contributed by atoms with van der Waals surface area (Å²) in [7, 11) is -3.31. The van der Waals surface area contributed by atoms with Crippen LogP contribution in [0.4, 0.5) is 5.69 Å². The number of rotatable bonds is 3. The van der Waals surface area contributed by atoms with Crippen LogP contribution in [-0.2, 0) is 10.0 Å². The Bertz CT molecular complexity index is 807. The Hall–Kier alpha value is -2.06. The third kappa shape index (κ3) is 3.23. The Morgan fingerprint density at radius 3 is 2.64 bits per heavy atom. The van der Waals surface area contributed by atoms with E-state index in [9.17, 15) is 13.2 Å². The number of aromatic nitrogens is 1. The second kappa shape index (κ2) is 5.62. The van der Waals surface area contributed by atoms with Gasteiger partial charge in [0.1, 0.15) is 5.69 Å². The molecule has 1 saturated heterocycles. The lowest BCUT2D eigenvalue weighted by Crippen LogP contribution is -2.46. The van der Waals surface area contributed by atoms with Gasteiger partial charge in [0.15, 0.2) is 0 Å². The highest BCUT2D eigenvalue weighted by Crippen LogP contribution is 2.21. The minimum absolute atomic E-state index is 0.0321. The number of aromatic amines is 1. The van der Waals surface area contributed by atoms with Crippen LogP contribution in [0.3, 0.4) is 0 Å². The minimum atomic E-state index is -3.31. The van der Waals surface area contributed by atoms with E-state index in [1.54, 1.807) is 29.2 Å². The van der Waals surface area contributed by atoms with Crippen molar-refractivity contribution in [3.05, 3.63) is 30.0 Å². The fourth-order valence-electron chi connectivity index (χ4n) is 2.56. The molecule has 0 unspecified atom stereocenters. The molecule has 1 amide bonds. The van der Waals surface area contributed by atoms with Crippen LogP contribution >= 0.6 is 0 Å². The van der Waals surface area contributed by atoms with Crippen LogP contribution < -0.4 is 10.0 Å². The number of anilines is 1. The number of piperazine rings is 1. The topological polar surface area (TPSA) is 94.3 Å². The molecular formula is C14H18N4O3S. The molecule has 2 heterocycles. The maximum absolute atomic E-state index is 12.4. The number of carbonyl (C=O) groups is 1. The fraction of sp³-hybridized carbons (Fsp3) is 0.357. The van der Waals surface area contributed by atoms with E-state index in [4.69, 9.17) is 0 Å². The van der Waals surface area contributed by atoms with Crippen molar-refractivity contribution < 1.29 is 13.2 Å². The van der Waals surface area contributed by atoms with Gasteiger partial charge >= 0.3 is 0 Å². The molecule has 7 nitrogen and oxygen atoms in total. The van der Waals surface area contributed by atoms with Gasteiger partial charge in [-0.1, -0.05) is 0 Å². The Morgan fingerprint density at radius 1 is 1.23 bits per heavy atom. The van der Waals surface area contributed by atoms with Crippen molar-refractivity contribution in [3.8, 4) is 0 Å². The molecule has 0 radical (unpaired) electrons. The van der Waals surface area contributed by atoms with Crippen molar-refractivity contribution >= 4 is 32.5 Å². The Labute approximate surface area is 128 Å². The molecule has 1 fully saturated rings. The molecule has 1 aliphatic heterocycles. The van der Waals surface area contributed by atoms with E-state index >= 15 is 0 Å². The lowest BCUT2D eigenvalue weighted by atomic mass is 10.2. The number of carbonyl (C=O) groups excluding carboxylic acids is 1. The molecule has 8 heteroatoms. The van der Waals surface area contributed by atoms with E-state index in [0.29, 0.717) is 24.5 Å². The van der Waals surface area contributed by atoms with Crippen molar-refractivity contribution in [1.29, 1.82) is 0 Å². The first-order chi connectivity index (χ1) is 10.4. The summed E-state index contributed by atoms with van der Waals surface area (Å²) in [6.07, 6.45) is 1.10. The van der Waals surface area contributed by atoms with E-state index in [0.717, 1.165) is 30.2 Å². The third-order valence-electron chi connectivity index (χ3n) is 3.56. The number of fused-ring (bicyclic) bond motifs is 1. The van der Waals surface area contributed by atoms with E-state index in [2.05, 4.69) is 15.0 Å². The van der Waals surface area contributed by atoms with Gasteiger partial charge in [-0.3, -0.25) is 9.52 Å². The van der Waals surface area contributed by atoms with Gasteiger partial charge in [-0.2, -0.15) is 0 Å². The molecule has 22 heavy (non-hydrogen) atoms. The quantitative estimate of drug-likeness (QED) is 0.771. The highest BCUT2D eigenvalue weighted by Gasteiger charge is 2.19. The summed E-state index contributed by atoms with van der Waals surface area (Å²) in [5.74, 6) is -0.0321. The molecule has 118 valence electrons. The van der Waals surface area contributed by atoms with E-state index in [1.807, 2.05) is 0 Å². The number of amides is 1. The minimum Gasteiger partial charge on any atom is -0.351 e. The zero-order valence-electron chi connectivity index (χ0n) is 12.2. The predicted molar refractivity (Wildman–Crippen MR) is 85.5 cm³/mol. The van der Waals surface area contributed by atoms with Gasteiger partial charge in [-0.15, -0.1) is 0 Å². The molecule has 2 aromatic rings. The van der Waals surface area contributed by atoms with Gasteiger partial charge in [0.25, 0.3) is 5.91 Å². The van der Waals surface area contributed by atoms with Crippen LogP contribution in [0.2, 0.25) is 0 Å². The zero-order chi connectivity index (χ0) is 15.7. The molecule has 3 N–H and O–H groups in total. The number of hydrogen-bond donors (Lipinski definition) is 3. The van der Waals surface area contributed by atoms with Crippen LogP contribution in [0.15, 0.2) is 24.3 Å². The first-order valence-electron chi connectivity index (χ1n) is 7.03. The molecule has 0 saturated carbocycles. The Kier molecular flexibility index (Phi) is 3.79. The summed E-state index contributed by atoms with van der Waals surface area (Å²) in [6, 6.07) is 6.89. The third-order valence-corrected chi connectivity index (χ3v) is 4.17. The summed E-state index contributed by atoms with van der Waals surface area (Å²) < 4.78 is 25.0. The zero-order valence-corrected chi connectivity index (χ0v) is 13.0. The number of sulfonamides is 1. The molecule has 0 spiro atoms. The average Bonchev–Trinajstić information content (AvgIpc) is 2.89. The maximum atomic E-state index is 12.4. The summed E-state index contributed by atoms with van der Waals surface area (Å²) in [6.45, 7) is 2.98. The number of H-pyrrole nitrogens is 1. The summed E-state index contributed by atoms with van der Waals surface area (Å²) in [4.78, 5) is 17.3. The second-order valence-corrected chi connectivity index (χ2v) is 7.15. The summed E-state index contributed by atoms with van der Waals surface area (Å²) in [5, 5.41) is 4.01. The van der Waals surface area contributed by atoms with Gasteiger partial charge in [0.05, 0.1) is 6.26 Å². The monoisotopic (exact) mass is 322 g/mol. The largest absolute Gasteiger partial charge is 0.351 e. The Balaban J connectivity index is 1.87. The highest BCUT2D eigenvalue weighted by atomic mass is 32.2. The van der Waals surface area contributed by atoms with Crippen molar-refractivity contribution in [1.82, 2.24) is 15.2 Å². The predicted octanol–water partition coefficient (Wildman–Crippen LogP) is 0.585. The van der Waals surface area contributed by atoms with E-state index in [1.165, 1.54) is 0 Å². The van der Waals surface area contributed by atoms with Crippen molar-refractivity contribution in [2.24, 2.45) is 0 Å². The van der Waals surface area contributed by atoms with Crippen LogP contribution in [0, 0.1) is 0 Å². The molecular weight excluding hydrogens is 304 g/mol. The fourth-order valence-corrected chi connectivity index (χ4v) is 3.12. The number of nitrogens with one attached hydrogen (secondary N) is 3. The number of nitrogens with zero attached hydrogens (tertiary/aromatic N) is 1. The van der Waals surface area contributed by atoms with Gasteiger partial charge in [0, 0.05) is 42.8 Å². The van der Waals surface area contributed by atoms with Crippen molar-refractivity contribution in [2.45, 2.75) is 0 Å². The maximum Gasteiger partial charge on any atom is 0.270 e. The first kappa shape index (κ1) is 14.9. The normalized spacial score (nSPS) is 16.0. The molecule has 1 aromatic carbocycles. The van der Waals surface area contributed by atoms with Gasteiger partial charge < -0.3 is 15.2 Å². The summed E-state index contributed by atoms with van der Waals surface area (Å²) >= 11 is 0. The SMILES string of the molecule is CS(=O)(=O)Nc1ccc2[nH]c(C(=O)N3CCNCC3)cc2c1. The van der Waals surface area contributed by atoms with Crippen molar-refractivity contribution in [3.63, 3.8) is 0 Å². The summed E-state index contributed by atoms with van der Waals surface area (Å²) in [5.41, 5.74) is 1.81. The van der Waals surface area contributed by atoms with Gasteiger partial charge in [-0.05, 0) is 24.3 Å². The van der Waals surface area contributed by atoms with Crippen molar-refractivity contribution in [2.75, 3.05) is 37.2 Å². The van der Waals surface area contributed by atoms with Crippen LogP contribution in [0.25, 0.3) is 10.9 Å². The smallest absolute Gasteiger partial charge is 0.270 e. The molecule has 0 bridgehead atoms. The molecule has 1 aromatic heterocycles.